The van der Waals surface area contributed by atoms with Crippen LogP contribution in [-0.2, 0) is 4.79 Å². The molecule has 0 bridgehead atoms. The molecule has 2 rings (SSSR count). The maximum Gasteiger partial charge on any atom is 0.219 e. The number of nitrogen functional groups attached to an aromatic ring is 1. The summed E-state index contributed by atoms with van der Waals surface area (Å²) in [6, 6.07) is 5.73. The molecule has 1 aliphatic rings. The predicted octanol–water partition coefficient (Wildman–Crippen LogP) is 1.12. The van der Waals surface area contributed by atoms with Crippen molar-refractivity contribution in [3.05, 3.63) is 23.8 Å². The number of aryl methyl sites for hydroxylation is 1. The van der Waals surface area contributed by atoms with Gasteiger partial charge in [0.15, 0.2) is 0 Å². The first kappa shape index (κ1) is 14.7. The molecule has 2 N–H and O–H groups in total. The van der Waals surface area contributed by atoms with Crippen molar-refractivity contribution >= 4 is 11.6 Å². The molecule has 5 heteroatoms. The van der Waals surface area contributed by atoms with Gasteiger partial charge in [0, 0.05) is 45.3 Å². The van der Waals surface area contributed by atoms with Crippen LogP contribution in [0.3, 0.4) is 0 Å². The van der Waals surface area contributed by atoms with Crippen LogP contribution in [0.15, 0.2) is 18.2 Å². The molecule has 1 heterocycles. The molecule has 1 aromatic rings. The third kappa shape index (κ3) is 3.87. The Balaban J connectivity index is 1.71. The third-order valence-corrected chi connectivity index (χ3v) is 3.74. The van der Waals surface area contributed by atoms with Gasteiger partial charge in [-0.15, -0.1) is 0 Å². The number of ether oxygens (including phenoxy) is 1. The molecule has 110 valence electrons. The molecule has 0 spiro atoms. The highest BCUT2D eigenvalue weighted by Crippen LogP contribution is 2.18. The molecule has 1 fully saturated rings. The van der Waals surface area contributed by atoms with Crippen LogP contribution in [0.1, 0.15) is 12.5 Å². The summed E-state index contributed by atoms with van der Waals surface area (Å²) >= 11 is 0. The van der Waals surface area contributed by atoms with Crippen molar-refractivity contribution in [2.45, 2.75) is 13.8 Å². The Morgan fingerprint density at radius 1 is 1.30 bits per heavy atom. The fourth-order valence-electron chi connectivity index (χ4n) is 2.32. The largest absolute Gasteiger partial charge is 0.492 e. The van der Waals surface area contributed by atoms with Gasteiger partial charge in [-0.3, -0.25) is 9.69 Å². The third-order valence-electron chi connectivity index (χ3n) is 3.74. The second-order valence-electron chi connectivity index (χ2n) is 5.21. The van der Waals surface area contributed by atoms with Crippen molar-refractivity contribution in [2.75, 3.05) is 45.1 Å². The number of benzene rings is 1. The molecular formula is C15H23N3O2. The van der Waals surface area contributed by atoms with Gasteiger partial charge in [-0.2, -0.15) is 0 Å². The molecular weight excluding hydrogens is 254 g/mol. The lowest BCUT2D eigenvalue weighted by Crippen LogP contribution is -2.48. The van der Waals surface area contributed by atoms with E-state index in [-0.39, 0.29) is 5.91 Å². The van der Waals surface area contributed by atoms with Gasteiger partial charge in [0.05, 0.1) is 0 Å². The fraction of sp³-hybridized carbons (Fsp3) is 0.533. The second kappa shape index (κ2) is 6.61. The van der Waals surface area contributed by atoms with E-state index in [9.17, 15) is 4.79 Å². The standard InChI is InChI=1S/C15H23N3O2/c1-12-11-14(3-4-15(12)16)20-10-9-17-5-7-18(8-6-17)13(2)19/h3-4,11H,5-10,16H2,1-2H3. The first-order chi connectivity index (χ1) is 9.56. The second-order valence-corrected chi connectivity index (χ2v) is 5.21. The Morgan fingerprint density at radius 3 is 2.60 bits per heavy atom. The van der Waals surface area contributed by atoms with E-state index < -0.39 is 0 Å². The van der Waals surface area contributed by atoms with Crippen LogP contribution in [0.5, 0.6) is 5.75 Å². The summed E-state index contributed by atoms with van der Waals surface area (Å²) in [5, 5.41) is 0. The van der Waals surface area contributed by atoms with Crippen molar-refractivity contribution in [1.82, 2.24) is 9.80 Å². The van der Waals surface area contributed by atoms with E-state index in [4.69, 9.17) is 10.5 Å². The maximum absolute atomic E-state index is 11.2. The highest BCUT2D eigenvalue weighted by molar-refractivity contribution is 5.73. The van der Waals surface area contributed by atoms with Gasteiger partial charge in [-0.25, -0.2) is 0 Å². The number of carbonyl (C=O) groups excluding carboxylic acids is 1. The van der Waals surface area contributed by atoms with Crippen LogP contribution in [0.25, 0.3) is 0 Å². The first-order valence-corrected chi connectivity index (χ1v) is 7.03. The summed E-state index contributed by atoms with van der Waals surface area (Å²) in [6.45, 7) is 8.62. The number of piperazine rings is 1. The SMILES string of the molecule is CC(=O)N1CCN(CCOc2ccc(N)c(C)c2)CC1. The Hall–Kier alpha value is -1.75. The van der Waals surface area contributed by atoms with Gasteiger partial charge in [0.2, 0.25) is 5.91 Å². The molecule has 1 aliphatic heterocycles. The molecule has 0 unspecified atom stereocenters. The molecule has 1 aromatic carbocycles. The predicted molar refractivity (Wildman–Crippen MR) is 79.8 cm³/mol. The summed E-state index contributed by atoms with van der Waals surface area (Å²) in [5.41, 5.74) is 7.60. The lowest BCUT2D eigenvalue weighted by Gasteiger charge is -2.34. The molecule has 20 heavy (non-hydrogen) atoms. The van der Waals surface area contributed by atoms with Gasteiger partial charge in [0.25, 0.3) is 0 Å². The molecule has 0 saturated carbocycles. The van der Waals surface area contributed by atoms with E-state index in [0.29, 0.717) is 6.61 Å². The van der Waals surface area contributed by atoms with Crippen molar-refractivity contribution in [1.29, 1.82) is 0 Å². The quantitative estimate of drug-likeness (QED) is 0.838. The minimum absolute atomic E-state index is 0.165. The Morgan fingerprint density at radius 2 is 2.00 bits per heavy atom. The van der Waals surface area contributed by atoms with E-state index in [2.05, 4.69) is 4.90 Å². The lowest BCUT2D eigenvalue weighted by molar-refractivity contribution is -0.130. The van der Waals surface area contributed by atoms with Gasteiger partial charge in [-0.05, 0) is 30.7 Å². The Bertz CT molecular complexity index is 468. The number of anilines is 1. The number of rotatable bonds is 4. The van der Waals surface area contributed by atoms with Crippen LogP contribution in [-0.4, -0.2) is 55.0 Å². The topological polar surface area (TPSA) is 58.8 Å². The van der Waals surface area contributed by atoms with Gasteiger partial charge >= 0.3 is 0 Å². The average molecular weight is 277 g/mol. The van der Waals surface area contributed by atoms with Gasteiger partial charge < -0.3 is 15.4 Å². The molecule has 0 atom stereocenters. The summed E-state index contributed by atoms with van der Waals surface area (Å²) in [4.78, 5) is 15.4. The smallest absolute Gasteiger partial charge is 0.219 e. The number of amides is 1. The zero-order valence-electron chi connectivity index (χ0n) is 12.3. The van der Waals surface area contributed by atoms with Crippen molar-refractivity contribution in [2.24, 2.45) is 0 Å². The highest BCUT2D eigenvalue weighted by Gasteiger charge is 2.17. The van der Waals surface area contributed by atoms with E-state index in [1.54, 1.807) is 6.92 Å². The highest BCUT2D eigenvalue weighted by atomic mass is 16.5. The summed E-state index contributed by atoms with van der Waals surface area (Å²) < 4.78 is 5.74. The van der Waals surface area contributed by atoms with Crippen LogP contribution < -0.4 is 10.5 Å². The van der Waals surface area contributed by atoms with E-state index in [1.165, 1.54) is 0 Å². The molecule has 0 aromatic heterocycles. The molecule has 1 saturated heterocycles. The summed E-state index contributed by atoms with van der Waals surface area (Å²) in [5.74, 6) is 1.03. The van der Waals surface area contributed by atoms with E-state index >= 15 is 0 Å². The average Bonchev–Trinajstić information content (AvgIpc) is 2.43. The minimum atomic E-state index is 0.165. The zero-order chi connectivity index (χ0) is 14.5. The number of carbonyl (C=O) groups is 1. The van der Waals surface area contributed by atoms with Crippen LogP contribution >= 0.6 is 0 Å². The number of hydrogen-bond donors (Lipinski definition) is 1. The lowest BCUT2D eigenvalue weighted by atomic mass is 10.2. The van der Waals surface area contributed by atoms with Crippen molar-refractivity contribution < 1.29 is 9.53 Å². The number of nitrogens with zero attached hydrogens (tertiary/aromatic N) is 2. The summed E-state index contributed by atoms with van der Waals surface area (Å²) in [6.07, 6.45) is 0. The fourth-order valence-corrected chi connectivity index (χ4v) is 2.32. The van der Waals surface area contributed by atoms with Crippen molar-refractivity contribution in [3.63, 3.8) is 0 Å². The van der Waals surface area contributed by atoms with E-state index in [0.717, 1.165) is 49.7 Å². The van der Waals surface area contributed by atoms with Gasteiger partial charge in [-0.1, -0.05) is 0 Å². The molecule has 0 radical (unpaired) electrons. The zero-order valence-corrected chi connectivity index (χ0v) is 12.3. The number of hydrogen-bond acceptors (Lipinski definition) is 4. The maximum atomic E-state index is 11.2. The molecule has 0 aliphatic carbocycles. The molecule has 1 amide bonds. The Labute approximate surface area is 120 Å². The Kier molecular flexibility index (Phi) is 4.84. The van der Waals surface area contributed by atoms with Crippen LogP contribution in [0.2, 0.25) is 0 Å². The summed E-state index contributed by atoms with van der Waals surface area (Å²) in [7, 11) is 0. The van der Waals surface area contributed by atoms with Crippen LogP contribution in [0, 0.1) is 6.92 Å². The van der Waals surface area contributed by atoms with Crippen molar-refractivity contribution in [3.8, 4) is 5.75 Å². The normalized spacial score (nSPS) is 16.2. The van der Waals surface area contributed by atoms with E-state index in [1.807, 2.05) is 30.0 Å². The first-order valence-electron chi connectivity index (χ1n) is 7.03. The minimum Gasteiger partial charge on any atom is -0.492 e. The number of nitrogens with two attached hydrogens (primary N) is 1. The van der Waals surface area contributed by atoms with Gasteiger partial charge in [0.1, 0.15) is 12.4 Å². The monoisotopic (exact) mass is 277 g/mol. The van der Waals surface area contributed by atoms with Crippen LogP contribution in [0.4, 0.5) is 5.69 Å². The molecule has 5 nitrogen and oxygen atoms in total.